The predicted octanol–water partition coefficient (Wildman–Crippen LogP) is 0.260. The van der Waals surface area contributed by atoms with Crippen LogP contribution in [0.15, 0.2) is 12.1 Å². The second-order valence-corrected chi connectivity index (χ2v) is 4.93. The van der Waals surface area contributed by atoms with E-state index in [9.17, 15) is 5.11 Å². The lowest BCUT2D eigenvalue weighted by Crippen LogP contribution is -2.48. The zero-order chi connectivity index (χ0) is 14.0. The number of morpholine rings is 1. The second-order valence-electron chi connectivity index (χ2n) is 4.93. The van der Waals surface area contributed by atoms with Gasteiger partial charge in [-0.05, 0) is 26.0 Å². The zero-order valence-electron chi connectivity index (χ0n) is 11.3. The van der Waals surface area contributed by atoms with Gasteiger partial charge in [-0.15, -0.1) is 0 Å². The first-order valence-electron chi connectivity index (χ1n) is 6.34. The van der Waals surface area contributed by atoms with E-state index < -0.39 is 0 Å². The fourth-order valence-electron chi connectivity index (χ4n) is 2.30. The number of anilines is 1. The van der Waals surface area contributed by atoms with Crippen LogP contribution in [0.3, 0.4) is 0 Å². The Balaban J connectivity index is 2.27. The number of aliphatic hydroxyl groups excluding tert-OH is 1. The van der Waals surface area contributed by atoms with Crippen molar-refractivity contribution in [2.75, 3.05) is 24.6 Å². The van der Waals surface area contributed by atoms with E-state index in [0.29, 0.717) is 18.7 Å². The Morgan fingerprint density at radius 1 is 1.58 bits per heavy atom. The number of aryl methyl sites for hydroxylation is 1. The summed E-state index contributed by atoms with van der Waals surface area (Å²) >= 11 is 0. The second kappa shape index (κ2) is 5.54. The first kappa shape index (κ1) is 13.8. The highest BCUT2D eigenvalue weighted by atomic mass is 16.5. The van der Waals surface area contributed by atoms with Crippen LogP contribution in [-0.2, 0) is 4.74 Å². The summed E-state index contributed by atoms with van der Waals surface area (Å²) < 4.78 is 5.61. The van der Waals surface area contributed by atoms with E-state index in [1.807, 2.05) is 19.9 Å². The van der Waals surface area contributed by atoms with Crippen molar-refractivity contribution in [2.45, 2.75) is 26.1 Å². The maximum absolute atomic E-state index is 9.24. The van der Waals surface area contributed by atoms with Crippen molar-refractivity contribution in [3.63, 3.8) is 0 Å². The Kier molecular flexibility index (Phi) is 4.01. The van der Waals surface area contributed by atoms with Crippen molar-refractivity contribution in [3.8, 4) is 0 Å². The Morgan fingerprint density at radius 2 is 2.32 bits per heavy atom. The number of nitrogens with zero attached hydrogens (tertiary/aromatic N) is 2. The van der Waals surface area contributed by atoms with Crippen molar-refractivity contribution in [1.29, 1.82) is 5.41 Å². The molecule has 104 valence electrons. The molecule has 2 atom stereocenters. The number of amidine groups is 1. The number of hydrogen-bond donors (Lipinski definition) is 3. The summed E-state index contributed by atoms with van der Waals surface area (Å²) in [6.07, 6.45) is -0.166. The number of aromatic nitrogens is 1. The molecule has 0 aliphatic carbocycles. The van der Waals surface area contributed by atoms with Gasteiger partial charge in [0.25, 0.3) is 0 Å². The number of aliphatic hydroxyl groups is 1. The Morgan fingerprint density at radius 3 is 2.95 bits per heavy atom. The number of nitrogens with two attached hydrogens (primary N) is 1. The molecule has 1 saturated heterocycles. The van der Waals surface area contributed by atoms with Crippen LogP contribution in [0.25, 0.3) is 0 Å². The SMILES string of the molecule is Cc1cc(C(=N)N)cc(N2CC(C)OC(CO)C2)n1. The maximum Gasteiger partial charge on any atom is 0.129 e. The number of nitrogens with one attached hydrogen (secondary N) is 1. The summed E-state index contributed by atoms with van der Waals surface area (Å²) in [5, 5.41) is 16.8. The van der Waals surface area contributed by atoms with E-state index in [0.717, 1.165) is 11.5 Å². The first-order valence-corrected chi connectivity index (χ1v) is 6.34. The minimum atomic E-state index is -0.202. The zero-order valence-corrected chi connectivity index (χ0v) is 11.3. The molecule has 2 unspecified atom stereocenters. The molecule has 1 aromatic rings. The molecular weight excluding hydrogens is 244 g/mol. The van der Waals surface area contributed by atoms with Crippen LogP contribution in [-0.4, -0.2) is 47.8 Å². The molecule has 1 aromatic heterocycles. The number of nitrogen functional groups attached to an aromatic ring is 1. The Labute approximate surface area is 112 Å². The summed E-state index contributed by atoms with van der Waals surface area (Å²) in [6.45, 7) is 5.14. The molecule has 2 rings (SSSR count). The molecule has 6 heteroatoms. The van der Waals surface area contributed by atoms with Crippen LogP contribution in [0.5, 0.6) is 0 Å². The van der Waals surface area contributed by atoms with Gasteiger partial charge in [0.1, 0.15) is 11.7 Å². The fraction of sp³-hybridized carbons (Fsp3) is 0.538. The summed E-state index contributed by atoms with van der Waals surface area (Å²) in [6, 6.07) is 3.60. The Bertz CT molecular complexity index is 478. The van der Waals surface area contributed by atoms with Gasteiger partial charge in [-0.25, -0.2) is 4.98 Å². The first-order chi connectivity index (χ1) is 8.99. The van der Waals surface area contributed by atoms with Gasteiger partial charge in [-0.1, -0.05) is 0 Å². The van der Waals surface area contributed by atoms with Gasteiger partial charge in [-0.2, -0.15) is 0 Å². The molecule has 1 aliphatic rings. The van der Waals surface area contributed by atoms with Crippen molar-refractivity contribution < 1.29 is 9.84 Å². The van der Waals surface area contributed by atoms with Gasteiger partial charge < -0.3 is 20.5 Å². The molecule has 1 aliphatic heterocycles. The highest BCUT2D eigenvalue weighted by Gasteiger charge is 2.25. The third-order valence-electron chi connectivity index (χ3n) is 3.10. The Hall–Kier alpha value is -1.66. The van der Waals surface area contributed by atoms with E-state index in [2.05, 4.69) is 9.88 Å². The normalized spacial score (nSPS) is 23.4. The fourth-order valence-corrected chi connectivity index (χ4v) is 2.30. The van der Waals surface area contributed by atoms with Crippen LogP contribution in [0.2, 0.25) is 0 Å². The van der Waals surface area contributed by atoms with Gasteiger partial charge >= 0.3 is 0 Å². The number of rotatable bonds is 3. The van der Waals surface area contributed by atoms with Gasteiger partial charge in [0.05, 0.1) is 18.8 Å². The summed E-state index contributed by atoms with van der Waals surface area (Å²) in [5.41, 5.74) is 7.02. The van der Waals surface area contributed by atoms with E-state index in [1.165, 1.54) is 0 Å². The van der Waals surface area contributed by atoms with Crippen molar-refractivity contribution >= 4 is 11.7 Å². The number of hydrogen-bond acceptors (Lipinski definition) is 5. The predicted molar refractivity (Wildman–Crippen MR) is 73.6 cm³/mol. The lowest BCUT2D eigenvalue weighted by Gasteiger charge is -2.37. The molecule has 0 saturated carbocycles. The standard InChI is InChI=1S/C13H20N4O2/c1-8-3-10(13(14)15)4-12(16-8)17-5-9(2)19-11(6-17)7-18/h3-4,9,11,18H,5-7H2,1-2H3,(H3,14,15). The van der Waals surface area contributed by atoms with Gasteiger partial charge in [-0.3, -0.25) is 5.41 Å². The smallest absolute Gasteiger partial charge is 0.129 e. The molecule has 4 N–H and O–H groups in total. The molecule has 0 amide bonds. The average Bonchev–Trinajstić information content (AvgIpc) is 2.37. The van der Waals surface area contributed by atoms with Crippen LogP contribution in [0.4, 0.5) is 5.82 Å². The number of pyridine rings is 1. The van der Waals surface area contributed by atoms with Crippen LogP contribution in [0, 0.1) is 12.3 Å². The lowest BCUT2D eigenvalue weighted by atomic mass is 10.1. The van der Waals surface area contributed by atoms with E-state index >= 15 is 0 Å². The maximum atomic E-state index is 9.24. The highest BCUT2D eigenvalue weighted by molar-refractivity contribution is 5.95. The minimum Gasteiger partial charge on any atom is -0.394 e. The van der Waals surface area contributed by atoms with Gasteiger partial charge in [0, 0.05) is 24.3 Å². The summed E-state index contributed by atoms with van der Waals surface area (Å²) in [7, 11) is 0. The number of ether oxygens (including phenoxy) is 1. The van der Waals surface area contributed by atoms with Crippen LogP contribution in [0.1, 0.15) is 18.2 Å². The van der Waals surface area contributed by atoms with Gasteiger partial charge in [0.2, 0.25) is 0 Å². The third-order valence-corrected chi connectivity index (χ3v) is 3.10. The molecule has 0 bridgehead atoms. The molecule has 2 heterocycles. The topological polar surface area (TPSA) is 95.5 Å². The van der Waals surface area contributed by atoms with Crippen LogP contribution >= 0.6 is 0 Å². The molecule has 19 heavy (non-hydrogen) atoms. The molecule has 0 radical (unpaired) electrons. The van der Waals surface area contributed by atoms with Crippen molar-refractivity contribution in [2.24, 2.45) is 5.73 Å². The summed E-state index contributed by atoms with van der Waals surface area (Å²) in [4.78, 5) is 6.54. The summed E-state index contributed by atoms with van der Waals surface area (Å²) in [5.74, 6) is 0.811. The minimum absolute atomic E-state index is 0.00772. The third kappa shape index (κ3) is 3.21. The average molecular weight is 264 g/mol. The van der Waals surface area contributed by atoms with Crippen molar-refractivity contribution in [1.82, 2.24) is 4.98 Å². The monoisotopic (exact) mass is 264 g/mol. The quantitative estimate of drug-likeness (QED) is 0.537. The van der Waals surface area contributed by atoms with E-state index in [1.54, 1.807) is 6.07 Å². The molecule has 0 spiro atoms. The molecule has 1 fully saturated rings. The van der Waals surface area contributed by atoms with Crippen LogP contribution < -0.4 is 10.6 Å². The highest BCUT2D eigenvalue weighted by Crippen LogP contribution is 2.20. The van der Waals surface area contributed by atoms with E-state index in [4.69, 9.17) is 15.9 Å². The van der Waals surface area contributed by atoms with E-state index in [-0.39, 0.29) is 24.7 Å². The molecule has 6 nitrogen and oxygen atoms in total. The van der Waals surface area contributed by atoms with Gasteiger partial charge in [0.15, 0.2) is 0 Å². The molecule has 0 aromatic carbocycles. The molecular formula is C13H20N4O2. The lowest BCUT2D eigenvalue weighted by molar-refractivity contribution is -0.0423. The largest absolute Gasteiger partial charge is 0.394 e. The van der Waals surface area contributed by atoms with Crippen molar-refractivity contribution in [3.05, 3.63) is 23.4 Å².